The third kappa shape index (κ3) is 3.52. The van der Waals surface area contributed by atoms with E-state index in [1.165, 1.54) is 5.56 Å². The van der Waals surface area contributed by atoms with Crippen molar-refractivity contribution in [1.29, 1.82) is 0 Å². The van der Waals surface area contributed by atoms with Gasteiger partial charge in [0, 0.05) is 18.5 Å². The van der Waals surface area contributed by atoms with Gasteiger partial charge in [-0.2, -0.15) is 5.10 Å². The number of aryl methyl sites for hydroxylation is 1. The Kier molecular flexibility index (Phi) is 4.55. The van der Waals surface area contributed by atoms with E-state index in [0.29, 0.717) is 11.3 Å². The van der Waals surface area contributed by atoms with Crippen molar-refractivity contribution in [3.8, 4) is 11.4 Å². The first-order valence-electron chi connectivity index (χ1n) is 8.56. The van der Waals surface area contributed by atoms with Crippen molar-refractivity contribution in [3.63, 3.8) is 0 Å². The number of carbonyl (C=O) groups is 1. The number of hydrogen-bond donors (Lipinski definition) is 2. The van der Waals surface area contributed by atoms with Crippen LogP contribution in [0.5, 0.6) is 0 Å². The average molecular weight is 378 g/mol. The Hall–Kier alpha value is -3.26. The van der Waals surface area contributed by atoms with Crippen molar-refractivity contribution >= 4 is 29.2 Å². The Bertz CT molecular complexity index is 1150. The number of hydrogen-bond acceptors (Lipinski definition) is 4. The van der Waals surface area contributed by atoms with E-state index in [0.717, 1.165) is 22.4 Å². The number of amides is 1. The summed E-state index contributed by atoms with van der Waals surface area (Å²) >= 11 is 5.33. The minimum absolute atomic E-state index is 0.129. The van der Waals surface area contributed by atoms with Crippen LogP contribution in [0.4, 0.5) is 0 Å². The molecule has 0 unspecified atom stereocenters. The minimum atomic E-state index is -0.129. The van der Waals surface area contributed by atoms with Crippen LogP contribution < -0.4 is 5.43 Å². The lowest BCUT2D eigenvalue weighted by Crippen LogP contribution is -2.23. The maximum absolute atomic E-state index is 12.4. The predicted octanol–water partition coefficient (Wildman–Crippen LogP) is 3.43. The highest BCUT2D eigenvalue weighted by Gasteiger charge is 2.11. The lowest BCUT2D eigenvalue weighted by Gasteiger charge is -2.09. The fourth-order valence-corrected chi connectivity index (χ4v) is 3.12. The zero-order chi connectivity index (χ0) is 18.8. The number of para-hydroxylation sites is 2. The molecule has 0 aliphatic carbocycles. The second kappa shape index (κ2) is 7.16. The number of benzene rings is 2. The molecule has 2 aromatic heterocycles. The van der Waals surface area contributed by atoms with Gasteiger partial charge in [-0.25, -0.2) is 9.66 Å². The molecular formula is C19H18N6OS. The molecule has 0 spiro atoms. The standard InChI is InChI=1S/C19H18N6OS/c1-13-6-8-14(9-7-13)18-21-22-19(27)24(18)11-10-17(26)23-25-12-20-15-4-2-3-5-16(15)25/h2-9,12H,10-11H2,1H3,(H,22,27)(H,23,26). The number of carbonyl (C=O) groups excluding carboxylic acids is 1. The number of fused-ring (bicyclic) bond motifs is 1. The minimum Gasteiger partial charge on any atom is -0.300 e. The van der Waals surface area contributed by atoms with Gasteiger partial charge in [-0.3, -0.25) is 19.9 Å². The zero-order valence-electron chi connectivity index (χ0n) is 14.7. The van der Waals surface area contributed by atoms with Crippen molar-refractivity contribution in [3.05, 3.63) is 65.2 Å². The zero-order valence-corrected chi connectivity index (χ0v) is 15.5. The monoisotopic (exact) mass is 378 g/mol. The van der Waals surface area contributed by atoms with E-state index in [2.05, 4.69) is 20.6 Å². The molecule has 136 valence electrons. The van der Waals surface area contributed by atoms with Crippen LogP contribution >= 0.6 is 12.2 Å². The number of nitrogens with zero attached hydrogens (tertiary/aromatic N) is 4. The quantitative estimate of drug-likeness (QED) is 0.522. The molecule has 0 aliphatic rings. The van der Waals surface area contributed by atoms with Gasteiger partial charge in [0.15, 0.2) is 10.6 Å². The third-order valence-electron chi connectivity index (χ3n) is 4.33. The van der Waals surface area contributed by atoms with Crippen molar-refractivity contribution in [2.24, 2.45) is 0 Å². The number of H-pyrrole nitrogens is 1. The molecule has 2 aromatic carbocycles. The van der Waals surface area contributed by atoms with Gasteiger partial charge in [0.1, 0.15) is 6.33 Å². The highest BCUT2D eigenvalue weighted by atomic mass is 32.1. The van der Waals surface area contributed by atoms with Crippen LogP contribution in [0.25, 0.3) is 22.4 Å². The number of nitrogens with one attached hydrogen (secondary N) is 2. The van der Waals surface area contributed by atoms with E-state index >= 15 is 0 Å². The van der Waals surface area contributed by atoms with Gasteiger partial charge in [0.25, 0.3) is 0 Å². The maximum Gasteiger partial charge on any atom is 0.240 e. The van der Waals surface area contributed by atoms with Crippen LogP contribution in [-0.2, 0) is 11.3 Å². The summed E-state index contributed by atoms with van der Waals surface area (Å²) < 4.78 is 3.96. The summed E-state index contributed by atoms with van der Waals surface area (Å²) in [7, 11) is 0. The normalized spacial score (nSPS) is 11.0. The van der Waals surface area contributed by atoms with Crippen LogP contribution in [0.15, 0.2) is 54.9 Å². The first-order chi connectivity index (χ1) is 13.1. The van der Waals surface area contributed by atoms with Crippen LogP contribution in [0.2, 0.25) is 0 Å². The molecule has 0 saturated carbocycles. The molecule has 2 N–H and O–H groups in total. The van der Waals surface area contributed by atoms with Gasteiger partial charge >= 0.3 is 0 Å². The van der Waals surface area contributed by atoms with E-state index in [9.17, 15) is 4.79 Å². The third-order valence-corrected chi connectivity index (χ3v) is 4.64. The average Bonchev–Trinajstić information content (AvgIpc) is 3.25. The largest absolute Gasteiger partial charge is 0.300 e. The highest BCUT2D eigenvalue weighted by Crippen LogP contribution is 2.18. The van der Waals surface area contributed by atoms with Crippen LogP contribution in [-0.4, -0.2) is 30.3 Å². The molecular weight excluding hydrogens is 360 g/mol. The van der Waals surface area contributed by atoms with Crippen molar-refractivity contribution in [2.75, 3.05) is 5.43 Å². The van der Waals surface area contributed by atoms with Gasteiger partial charge in [0.05, 0.1) is 11.0 Å². The summed E-state index contributed by atoms with van der Waals surface area (Å²) in [6, 6.07) is 15.7. The fraction of sp³-hybridized carbons (Fsp3) is 0.158. The van der Waals surface area contributed by atoms with Crippen LogP contribution in [0.3, 0.4) is 0 Å². The molecule has 0 radical (unpaired) electrons. The van der Waals surface area contributed by atoms with E-state index in [-0.39, 0.29) is 12.3 Å². The second-order valence-electron chi connectivity index (χ2n) is 6.26. The summed E-state index contributed by atoms with van der Waals surface area (Å²) in [5.74, 6) is 0.594. The lowest BCUT2D eigenvalue weighted by molar-refractivity contribution is -0.117. The van der Waals surface area contributed by atoms with Crippen molar-refractivity contribution < 1.29 is 4.79 Å². The van der Waals surface area contributed by atoms with Crippen molar-refractivity contribution in [1.82, 2.24) is 24.4 Å². The van der Waals surface area contributed by atoms with Gasteiger partial charge < -0.3 is 0 Å². The van der Waals surface area contributed by atoms with E-state index in [1.807, 2.05) is 60.0 Å². The van der Waals surface area contributed by atoms with E-state index in [1.54, 1.807) is 11.0 Å². The molecule has 2 heterocycles. The molecule has 0 aliphatic heterocycles. The molecule has 1 amide bonds. The first-order valence-corrected chi connectivity index (χ1v) is 8.97. The molecule has 27 heavy (non-hydrogen) atoms. The summed E-state index contributed by atoms with van der Waals surface area (Å²) in [5, 5.41) is 7.12. The Morgan fingerprint density at radius 3 is 2.78 bits per heavy atom. The van der Waals surface area contributed by atoms with Gasteiger partial charge in [-0.05, 0) is 31.3 Å². The topological polar surface area (TPSA) is 80.5 Å². The Morgan fingerprint density at radius 2 is 1.96 bits per heavy atom. The summed E-state index contributed by atoms with van der Waals surface area (Å²) in [5.41, 5.74) is 6.66. The molecule has 4 rings (SSSR count). The van der Waals surface area contributed by atoms with E-state index in [4.69, 9.17) is 12.2 Å². The molecule has 8 heteroatoms. The predicted molar refractivity (Wildman–Crippen MR) is 106 cm³/mol. The van der Waals surface area contributed by atoms with Gasteiger partial charge in [-0.15, -0.1) is 0 Å². The molecule has 0 bridgehead atoms. The Labute approximate surface area is 160 Å². The molecule has 7 nitrogen and oxygen atoms in total. The molecule has 0 saturated heterocycles. The van der Waals surface area contributed by atoms with E-state index < -0.39 is 0 Å². The fourth-order valence-electron chi connectivity index (χ4n) is 2.90. The molecule has 4 aromatic rings. The number of imidazole rings is 1. The smallest absolute Gasteiger partial charge is 0.240 e. The number of aromatic amines is 1. The SMILES string of the molecule is Cc1ccc(-c2n[nH]c(=S)n2CCC(=O)Nn2cnc3ccccc32)cc1. The molecule has 0 fully saturated rings. The number of aromatic nitrogens is 5. The van der Waals surface area contributed by atoms with Crippen LogP contribution in [0, 0.1) is 11.7 Å². The summed E-state index contributed by atoms with van der Waals surface area (Å²) in [4.78, 5) is 16.7. The van der Waals surface area contributed by atoms with Crippen LogP contribution in [0.1, 0.15) is 12.0 Å². The molecule has 0 atom stereocenters. The maximum atomic E-state index is 12.4. The summed E-state index contributed by atoms with van der Waals surface area (Å²) in [6.45, 7) is 2.46. The number of rotatable bonds is 5. The Morgan fingerprint density at radius 1 is 1.19 bits per heavy atom. The van der Waals surface area contributed by atoms with Gasteiger partial charge in [0.2, 0.25) is 5.91 Å². The van der Waals surface area contributed by atoms with Gasteiger partial charge in [-0.1, -0.05) is 42.0 Å². The van der Waals surface area contributed by atoms with Crippen molar-refractivity contribution in [2.45, 2.75) is 19.9 Å². The first kappa shape index (κ1) is 17.2. The lowest BCUT2D eigenvalue weighted by atomic mass is 10.1. The highest BCUT2D eigenvalue weighted by molar-refractivity contribution is 7.71. The summed E-state index contributed by atoms with van der Waals surface area (Å²) in [6.07, 6.45) is 1.86. The second-order valence-corrected chi connectivity index (χ2v) is 6.64. The Balaban J connectivity index is 1.49.